The predicted octanol–water partition coefficient (Wildman–Crippen LogP) is 1.19. The highest BCUT2D eigenvalue weighted by atomic mass is 16.5. The number of nitrogens with zero attached hydrogens (tertiary/aromatic N) is 2. The van der Waals surface area contributed by atoms with Gasteiger partial charge >= 0.3 is 0 Å². The number of nitrogens with one attached hydrogen (secondary N) is 2. The zero-order valence-corrected chi connectivity index (χ0v) is 13.5. The molecule has 2 rings (SSSR count). The number of hydrogen-bond acceptors (Lipinski definition) is 5. The Morgan fingerprint density at radius 2 is 2.04 bits per heavy atom. The van der Waals surface area contributed by atoms with Gasteiger partial charge in [0, 0.05) is 38.4 Å². The molecule has 1 fully saturated rings. The molecule has 1 unspecified atom stereocenters. The number of benzene rings is 1. The summed E-state index contributed by atoms with van der Waals surface area (Å²) >= 11 is 0. The van der Waals surface area contributed by atoms with Gasteiger partial charge in [-0.1, -0.05) is 12.1 Å². The molecule has 1 aromatic rings. The molecule has 1 aliphatic heterocycles. The molecule has 1 atom stereocenters. The van der Waals surface area contributed by atoms with Crippen molar-refractivity contribution in [3.8, 4) is 11.8 Å². The van der Waals surface area contributed by atoms with E-state index in [0.717, 1.165) is 24.4 Å². The summed E-state index contributed by atoms with van der Waals surface area (Å²) in [5.74, 6) is 0.575. The van der Waals surface area contributed by atoms with Crippen molar-refractivity contribution in [3.63, 3.8) is 0 Å². The first-order chi connectivity index (χ1) is 11.2. The minimum absolute atomic E-state index is 0.0138. The summed E-state index contributed by atoms with van der Waals surface area (Å²) in [6, 6.07) is 9.65. The van der Waals surface area contributed by atoms with Crippen molar-refractivity contribution in [1.82, 2.24) is 15.5 Å². The summed E-state index contributed by atoms with van der Waals surface area (Å²) in [7, 11) is 1.63. The first kappa shape index (κ1) is 16.8. The van der Waals surface area contributed by atoms with Gasteiger partial charge < -0.3 is 20.3 Å². The molecule has 0 spiro atoms. The summed E-state index contributed by atoms with van der Waals surface area (Å²) < 4.78 is 5.13. The van der Waals surface area contributed by atoms with Crippen LogP contribution in [-0.2, 0) is 4.79 Å². The summed E-state index contributed by atoms with van der Waals surface area (Å²) in [5.41, 5.74) is 1.18. The monoisotopic (exact) mass is 314 g/mol. The summed E-state index contributed by atoms with van der Waals surface area (Å²) in [4.78, 5) is 14.0. The third-order valence-corrected chi connectivity index (χ3v) is 3.85. The van der Waals surface area contributed by atoms with Gasteiger partial charge in [-0.3, -0.25) is 4.79 Å². The molecule has 122 valence electrons. The highest BCUT2D eigenvalue weighted by Gasteiger charge is 2.20. The quantitative estimate of drug-likeness (QED) is 0.630. The Hall–Kier alpha value is -2.52. The number of amides is 1. The second-order valence-corrected chi connectivity index (χ2v) is 5.37. The normalized spacial score (nSPS) is 16.4. The third kappa shape index (κ3) is 4.47. The van der Waals surface area contributed by atoms with Gasteiger partial charge in [-0.05, 0) is 24.6 Å². The van der Waals surface area contributed by atoms with Crippen molar-refractivity contribution in [3.05, 3.63) is 41.6 Å². The second-order valence-electron chi connectivity index (χ2n) is 5.37. The van der Waals surface area contributed by atoms with E-state index in [0.29, 0.717) is 13.1 Å². The lowest BCUT2D eigenvalue weighted by atomic mass is 10.1. The second kappa shape index (κ2) is 8.20. The van der Waals surface area contributed by atoms with Crippen molar-refractivity contribution < 1.29 is 9.53 Å². The molecule has 6 heteroatoms. The first-order valence-corrected chi connectivity index (χ1v) is 7.66. The van der Waals surface area contributed by atoms with E-state index in [1.807, 2.05) is 37.3 Å². The number of methoxy groups -OCH3 is 1. The van der Waals surface area contributed by atoms with Crippen LogP contribution in [0.4, 0.5) is 0 Å². The molecule has 6 nitrogen and oxygen atoms in total. The van der Waals surface area contributed by atoms with Crippen LogP contribution < -0.4 is 15.4 Å². The van der Waals surface area contributed by atoms with Gasteiger partial charge in [0.2, 0.25) is 0 Å². The van der Waals surface area contributed by atoms with E-state index in [2.05, 4.69) is 10.6 Å². The number of ether oxygens (including phenoxy) is 1. The van der Waals surface area contributed by atoms with Crippen LogP contribution in [0.5, 0.6) is 5.75 Å². The maximum atomic E-state index is 12.3. The molecule has 1 heterocycles. The molecule has 0 radical (unpaired) electrons. The Bertz CT molecular complexity index is 598. The fourth-order valence-electron chi connectivity index (χ4n) is 2.38. The smallest absolute Gasteiger partial charge is 0.266 e. The zero-order valence-electron chi connectivity index (χ0n) is 13.5. The number of piperazine rings is 1. The van der Waals surface area contributed by atoms with E-state index < -0.39 is 0 Å². The molecule has 1 aromatic carbocycles. The van der Waals surface area contributed by atoms with Crippen molar-refractivity contribution in [2.75, 3.05) is 33.3 Å². The van der Waals surface area contributed by atoms with Crippen molar-refractivity contribution >= 4 is 5.91 Å². The molecule has 1 saturated heterocycles. The van der Waals surface area contributed by atoms with E-state index in [4.69, 9.17) is 4.74 Å². The Morgan fingerprint density at radius 1 is 1.39 bits per heavy atom. The van der Waals surface area contributed by atoms with E-state index >= 15 is 0 Å². The van der Waals surface area contributed by atoms with Crippen LogP contribution >= 0.6 is 0 Å². The Labute approximate surface area is 136 Å². The van der Waals surface area contributed by atoms with Gasteiger partial charge in [0.15, 0.2) is 0 Å². The third-order valence-electron chi connectivity index (χ3n) is 3.85. The molecule has 0 aliphatic carbocycles. The number of hydrogen-bond donors (Lipinski definition) is 2. The van der Waals surface area contributed by atoms with E-state index in [1.54, 1.807) is 12.0 Å². The minimum Gasteiger partial charge on any atom is -0.497 e. The number of nitriles is 1. The van der Waals surface area contributed by atoms with Crippen LogP contribution in [0.25, 0.3) is 0 Å². The topological polar surface area (TPSA) is 77.4 Å². The lowest BCUT2D eigenvalue weighted by Crippen LogP contribution is -2.46. The standard InChI is InChI=1S/C17H22N4O2/c1-13(14-3-5-16(23-2)6-4-14)20-12-15(11-18)17(22)21-9-7-19-8-10-21/h3-6,12-13,19-20H,7-10H2,1-2H3/b15-12-. The predicted molar refractivity (Wildman–Crippen MR) is 87.7 cm³/mol. The van der Waals surface area contributed by atoms with Crippen LogP contribution in [0.1, 0.15) is 18.5 Å². The highest BCUT2D eigenvalue weighted by Crippen LogP contribution is 2.17. The summed E-state index contributed by atoms with van der Waals surface area (Å²) in [6.45, 7) is 4.76. The van der Waals surface area contributed by atoms with Crippen LogP contribution in [0.15, 0.2) is 36.0 Å². The van der Waals surface area contributed by atoms with Gasteiger partial charge in [0.05, 0.1) is 7.11 Å². The fourth-order valence-corrected chi connectivity index (χ4v) is 2.38. The van der Waals surface area contributed by atoms with Crippen LogP contribution in [-0.4, -0.2) is 44.1 Å². The molecular weight excluding hydrogens is 292 g/mol. The molecule has 23 heavy (non-hydrogen) atoms. The van der Waals surface area contributed by atoms with E-state index in [9.17, 15) is 10.1 Å². The van der Waals surface area contributed by atoms with E-state index in [-0.39, 0.29) is 17.5 Å². The largest absolute Gasteiger partial charge is 0.497 e. The van der Waals surface area contributed by atoms with Crippen molar-refractivity contribution in [2.45, 2.75) is 13.0 Å². The van der Waals surface area contributed by atoms with Crippen LogP contribution in [0.3, 0.4) is 0 Å². The zero-order chi connectivity index (χ0) is 16.7. The van der Waals surface area contributed by atoms with Crippen molar-refractivity contribution in [2.24, 2.45) is 0 Å². The molecule has 1 amide bonds. The average molecular weight is 314 g/mol. The minimum atomic E-state index is -0.219. The molecule has 0 saturated carbocycles. The fraction of sp³-hybridized carbons (Fsp3) is 0.412. The van der Waals surface area contributed by atoms with Gasteiger partial charge in [-0.25, -0.2) is 0 Å². The maximum Gasteiger partial charge on any atom is 0.266 e. The SMILES string of the molecule is COc1ccc(C(C)N/C=C(/C#N)C(=O)N2CCNCC2)cc1. The molecule has 2 N–H and O–H groups in total. The van der Waals surface area contributed by atoms with Gasteiger partial charge in [0.25, 0.3) is 5.91 Å². The van der Waals surface area contributed by atoms with E-state index in [1.165, 1.54) is 6.20 Å². The Morgan fingerprint density at radius 3 is 2.61 bits per heavy atom. The van der Waals surface area contributed by atoms with Gasteiger partial charge in [-0.15, -0.1) is 0 Å². The molecule has 0 aromatic heterocycles. The van der Waals surface area contributed by atoms with Gasteiger partial charge in [0.1, 0.15) is 17.4 Å². The molecular formula is C17H22N4O2. The Kier molecular flexibility index (Phi) is 6.01. The lowest BCUT2D eigenvalue weighted by molar-refractivity contribution is -0.127. The molecule has 1 aliphatic rings. The number of carbonyl (C=O) groups is 1. The summed E-state index contributed by atoms with van der Waals surface area (Å²) in [6.07, 6.45) is 1.51. The summed E-state index contributed by atoms with van der Waals surface area (Å²) in [5, 5.41) is 15.5. The highest BCUT2D eigenvalue weighted by molar-refractivity contribution is 5.97. The number of rotatable bonds is 5. The lowest BCUT2D eigenvalue weighted by Gasteiger charge is -2.27. The molecule has 0 bridgehead atoms. The van der Waals surface area contributed by atoms with Gasteiger partial charge in [-0.2, -0.15) is 5.26 Å². The van der Waals surface area contributed by atoms with Crippen LogP contribution in [0, 0.1) is 11.3 Å². The Balaban J connectivity index is 2.00. The maximum absolute atomic E-state index is 12.3. The number of carbonyl (C=O) groups excluding carboxylic acids is 1. The first-order valence-electron chi connectivity index (χ1n) is 7.66. The van der Waals surface area contributed by atoms with Crippen molar-refractivity contribution in [1.29, 1.82) is 5.26 Å². The van der Waals surface area contributed by atoms with Crippen LogP contribution in [0.2, 0.25) is 0 Å². The average Bonchev–Trinajstić information content (AvgIpc) is 2.62.